The summed E-state index contributed by atoms with van der Waals surface area (Å²) < 4.78 is 2.34. The van der Waals surface area contributed by atoms with Crippen LogP contribution in [0, 0.1) is 0 Å². The predicted molar refractivity (Wildman–Crippen MR) is 237 cm³/mol. The summed E-state index contributed by atoms with van der Waals surface area (Å²) >= 11 is 0. The maximum absolute atomic E-state index is 5.34. The smallest absolute Gasteiger partial charge is 0.162 e. The molecule has 0 spiro atoms. The van der Waals surface area contributed by atoms with E-state index in [1.165, 1.54) is 49.6 Å². The van der Waals surface area contributed by atoms with E-state index in [9.17, 15) is 0 Å². The molecule has 8 aromatic carbocycles. The molecule has 11 rings (SSSR count). The molecule has 0 atom stereocenters. The molecule has 0 amide bonds. The van der Waals surface area contributed by atoms with E-state index in [4.69, 9.17) is 9.97 Å². The van der Waals surface area contributed by atoms with Crippen LogP contribution in [-0.2, 0) is 5.41 Å². The first-order valence-corrected chi connectivity index (χ1v) is 19.6. The molecule has 57 heavy (non-hydrogen) atoms. The Labute approximate surface area is 332 Å². The van der Waals surface area contributed by atoms with Crippen LogP contribution in [0.3, 0.4) is 0 Å². The average Bonchev–Trinajstić information content (AvgIpc) is 3.61. The maximum atomic E-state index is 5.34. The van der Waals surface area contributed by atoms with Crippen molar-refractivity contribution in [2.45, 2.75) is 19.3 Å². The monoisotopic (exact) mass is 730 g/mol. The number of fused-ring (bicyclic) bond motifs is 7. The van der Waals surface area contributed by atoms with Gasteiger partial charge in [-0.3, -0.25) is 4.57 Å². The molecule has 0 unspecified atom stereocenters. The van der Waals surface area contributed by atoms with E-state index < -0.39 is 0 Å². The standard InChI is InChI=1S/C53H38N4/c1-53(2)43-24-14-15-25-46(43)56(40-21-10-5-11-22-40)47-30-28-38(32-44(47)53)39-26-29-42-49(33-39)57(48-31-27-35-16-12-13-23-41(35)51(42)48)50-34-45(36-17-6-3-7-18-36)54-52(55-50)37-19-8-4-9-20-37/h3-34H,1-2H3. The summed E-state index contributed by atoms with van der Waals surface area (Å²) in [5, 5.41) is 4.85. The van der Waals surface area contributed by atoms with Crippen LogP contribution in [0.25, 0.3) is 72.2 Å². The lowest BCUT2D eigenvalue weighted by Crippen LogP contribution is -2.30. The molecular formula is C53H38N4. The molecule has 0 radical (unpaired) electrons. The Kier molecular flexibility index (Phi) is 7.48. The van der Waals surface area contributed by atoms with Crippen molar-refractivity contribution in [3.05, 3.63) is 205 Å². The fourth-order valence-corrected chi connectivity index (χ4v) is 8.97. The molecule has 0 N–H and O–H groups in total. The van der Waals surface area contributed by atoms with Gasteiger partial charge in [-0.2, -0.15) is 0 Å². The Bertz CT molecular complexity index is 3090. The number of para-hydroxylation sites is 2. The zero-order valence-corrected chi connectivity index (χ0v) is 31.8. The second kappa shape index (κ2) is 12.9. The van der Waals surface area contributed by atoms with Gasteiger partial charge in [0.1, 0.15) is 5.82 Å². The third kappa shape index (κ3) is 5.29. The molecule has 10 aromatic rings. The zero-order chi connectivity index (χ0) is 38.1. The highest BCUT2D eigenvalue weighted by atomic mass is 15.2. The predicted octanol–water partition coefficient (Wildman–Crippen LogP) is 13.8. The molecule has 4 nitrogen and oxygen atoms in total. The number of anilines is 3. The van der Waals surface area contributed by atoms with E-state index in [1.54, 1.807) is 0 Å². The summed E-state index contributed by atoms with van der Waals surface area (Å²) in [5.41, 5.74) is 13.4. The van der Waals surface area contributed by atoms with Crippen LogP contribution in [0.2, 0.25) is 0 Å². The van der Waals surface area contributed by atoms with Gasteiger partial charge >= 0.3 is 0 Å². The van der Waals surface area contributed by atoms with Gasteiger partial charge in [-0.05, 0) is 75.5 Å². The molecule has 2 aromatic heterocycles. The van der Waals surface area contributed by atoms with Crippen LogP contribution in [0.4, 0.5) is 17.1 Å². The van der Waals surface area contributed by atoms with Crippen molar-refractivity contribution in [2.75, 3.05) is 4.90 Å². The van der Waals surface area contributed by atoms with Crippen molar-refractivity contribution in [3.63, 3.8) is 0 Å². The molecule has 1 aliphatic rings. The number of rotatable bonds is 5. The van der Waals surface area contributed by atoms with Crippen LogP contribution in [0.15, 0.2) is 194 Å². The third-order valence-electron chi connectivity index (χ3n) is 11.8. The molecule has 1 aliphatic heterocycles. The van der Waals surface area contributed by atoms with Crippen molar-refractivity contribution >= 4 is 49.6 Å². The van der Waals surface area contributed by atoms with E-state index in [-0.39, 0.29) is 5.41 Å². The molecule has 0 aliphatic carbocycles. The topological polar surface area (TPSA) is 34.0 Å². The highest BCUT2D eigenvalue weighted by Crippen LogP contribution is 2.52. The molecule has 0 bridgehead atoms. The largest absolute Gasteiger partial charge is 0.310 e. The van der Waals surface area contributed by atoms with Gasteiger partial charge in [-0.15, -0.1) is 0 Å². The number of benzene rings is 8. The number of hydrogen-bond acceptors (Lipinski definition) is 3. The van der Waals surface area contributed by atoms with E-state index >= 15 is 0 Å². The first kappa shape index (κ1) is 33.1. The van der Waals surface area contributed by atoms with Gasteiger partial charge in [0.25, 0.3) is 0 Å². The minimum atomic E-state index is -0.215. The van der Waals surface area contributed by atoms with Crippen LogP contribution < -0.4 is 4.90 Å². The van der Waals surface area contributed by atoms with Gasteiger partial charge in [0.2, 0.25) is 0 Å². The quantitative estimate of drug-likeness (QED) is 0.177. The second-order valence-corrected chi connectivity index (χ2v) is 15.5. The van der Waals surface area contributed by atoms with Crippen molar-refractivity contribution in [1.82, 2.24) is 14.5 Å². The van der Waals surface area contributed by atoms with E-state index in [0.29, 0.717) is 5.82 Å². The fourth-order valence-electron chi connectivity index (χ4n) is 8.97. The van der Waals surface area contributed by atoms with Crippen molar-refractivity contribution in [1.29, 1.82) is 0 Å². The normalized spacial score (nSPS) is 13.2. The molecule has 0 saturated heterocycles. The van der Waals surface area contributed by atoms with Gasteiger partial charge in [0, 0.05) is 39.1 Å². The number of aromatic nitrogens is 3. The summed E-state index contributed by atoms with van der Waals surface area (Å²) in [7, 11) is 0. The van der Waals surface area contributed by atoms with Crippen LogP contribution in [0.5, 0.6) is 0 Å². The molecule has 270 valence electrons. The lowest BCUT2D eigenvalue weighted by molar-refractivity contribution is 0.632. The van der Waals surface area contributed by atoms with Crippen LogP contribution >= 0.6 is 0 Å². The van der Waals surface area contributed by atoms with Gasteiger partial charge < -0.3 is 4.90 Å². The minimum Gasteiger partial charge on any atom is -0.310 e. The molecule has 4 heteroatoms. The Morgan fingerprint density at radius 2 is 1.09 bits per heavy atom. The Morgan fingerprint density at radius 1 is 0.439 bits per heavy atom. The van der Waals surface area contributed by atoms with Crippen molar-refractivity contribution < 1.29 is 0 Å². The highest BCUT2D eigenvalue weighted by molar-refractivity contribution is 6.21. The Balaban J connectivity index is 1.16. The molecule has 3 heterocycles. The summed E-state index contributed by atoms with van der Waals surface area (Å²) in [4.78, 5) is 12.9. The number of nitrogens with zero attached hydrogens (tertiary/aromatic N) is 4. The second-order valence-electron chi connectivity index (χ2n) is 15.5. The first-order chi connectivity index (χ1) is 28.0. The average molecular weight is 731 g/mol. The van der Waals surface area contributed by atoms with Crippen molar-refractivity contribution in [2.24, 2.45) is 0 Å². The minimum absolute atomic E-state index is 0.215. The van der Waals surface area contributed by atoms with E-state index in [2.05, 4.69) is 193 Å². The SMILES string of the molecule is CC1(C)c2ccccc2N(c2ccccc2)c2ccc(-c3ccc4c5c6ccccc6ccc5n(-c5cc(-c6ccccc6)nc(-c6ccccc6)n5)c4c3)cc21. The highest BCUT2D eigenvalue weighted by Gasteiger charge is 2.37. The zero-order valence-electron chi connectivity index (χ0n) is 31.8. The maximum Gasteiger partial charge on any atom is 0.162 e. The first-order valence-electron chi connectivity index (χ1n) is 19.6. The van der Waals surface area contributed by atoms with Gasteiger partial charge in [0.05, 0.1) is 28.1 Å². The summed E-state index contributed by atoms with van der Waals surface area (Å²) in [6.07, 6.45) is 0. The third-order valence-corrected chi connectivity index (χ3v) is 11.8. The van der Waals surface area contributed by atoms with Crippen LogP contribution in [-0.4, -0.2) is 14.5 Å². The van der Waals surface area contributed by atoms with E-state index in [0.717, 1.165) is 44.9 Å². The Hall–Kier alpha value is -7.30. The summed E-state index contributed by atoms with van der Waals surface area (Å²) in [6, 6.07) is 69.5. The molecule has 0 fully saturated rings. The molecule has 0 saturated carbocycles. The van der Waals surface area contributed by atoms with Gasteiger partial charge in [-0.1, -0.05) is 159 Å². The lowest BCUT2D eigenvalue weighted by atomic mass is 9.73. The summed E-state index contributed by atoms with van der Waals surface area (Å²) in [6.45, 7) is 4.71. The molecular weight excluding hydrogens is 693 g/mol. The van der Waals surface area contributed by atoms with Crippen molar-refractivity contribution in [3.8, 4) is 39.6 Å². The van der Waals surface area contributed by atoms with Gasteiger partial charge in [-0.25, -0.2) is 9.97 Å². The Morgan fingerprint density at radius 3 is 1.89 bits per heavy atom. The fraction of sp³-hybridized carbons (Fsp3) is 0.0566. The van der Waals surface area contributed by atoms with E-state index in [1.807, 2.05) is 24.3 Å². The lowest BCUT2D eigenvalue weighted by Gasteiger charge is -2.42. The van der Waals surface area contributed by atoms with Crippen LogP contribution in [0.1, 0.15) is 25.0 Å². The number of hydrogen-bond donors (Lipinski definition) is 0. The summed E-state index contributed by atoms with van der Waals surface area (Å²) in [5.74, 6) is 1.52. The van der Waals surface area contributed by atoms with Gasteiger partial charge in [0.15, 0.2) is 5.82 Å².